The third-order valence-corrected chi connectivity index (χ3v) is 5.06. The molecule has 23 heavy (non-hydrogen) atoms. The molecular weight excluding hydrogens is 312 g/mol. The van der Waals surface area contributed by atoms with Crippen LogP contribution in [0.15, 0.2) is 24.3 Å². The van der Waals surface area contributed by atoms with Crippen LogP contribution < -0.4 is 5.32 Å². The van der Waals surface area contributed by atoms with Crippen molar-refractivity contribution in [3.63, 3.8) is 0 Å². The van der Waals surface area contributed by atoms with Crippen molar-refractivity contribution in [3.8, 4) is 0 Å². The van der Waals surface area contributed by atoms with Gasteiger partial charge in [-0.25, -0.2) is 0 Å². The van der Waals surface area contributed by atoms with Gasteiger partial charge < -0.3 is 10.1 Å². The summed E-state index contributed by atoms with van der Waals surface area (Å²) < 4.78 is 5.53. The van der Waals surface area contributed by atoms with Crippen molar-refractivity contribution in [2.45, 2.75) is 38.1 Å². The molecule has 1 aliphatic heterocycles. The van der Waals surface area contributed by atoms with E-state index in [4.69, 9.17) is 16.3 Å². The van der Waals surface area contributed by atoms with Crippen LogP contribution in [0.5, 0.6) is 0 Å². The summed E-state index contributed by atoms with van der Waals surface area (Å²) in [6.45, 7) is 6.68. The van der Waals surface area contributed by atoms with Crippen LogP contribution in [0.1, 0.15) is 32.3 Å². The second kappa shape index (κ2) is 8.13. The summed E-state index contributed by atoms with van der Waals surface area (Å²) in [5.41, 5.74) is 1.16. The first kappa shape index (κ1) is 18.2. The summed E-state index contributed by atoms with van der Waals surface area (Å²) in [6.07, 6.45) is 1.82. The van der Waals surface area contributed by atoms with E-state index in [0.29, 0.717) is 19.1 Å². The van der Waals surface area contributed by atoms with E-state index in [1.54, 1.807) is 0 Å². The monoisotopic (exact) mass is 338 g/mol. The van der Waals surface area contributed by atoms with Gasteiger partial charge in [0.25, 0.3) is 0 Å². The predicted octanol–water partition coefficient (Wildman–Crippen LogP) is 2.84. The van der Waals surface area contributed by atoms with Gasteiger partial charge in [0.1, 0.15) is 0 Å². The number of nitrogens with zero attached hydrogens (tertiary/aromatic N) is 1. The molecule has 1 heterocycles. The average Bonchev–Trinajstić information content (AvgIpc) is 2.54. The smallest absolute Gasteiger partial charge is 0.234 e. The van der Waals surface area contributed by atoms with Crippen LogP contribution in [0.2, 0.25) is 5.02 Å². The number of halogens is 1. The van der Waals surface area contributed by atoms with Crippen molar-refractivity contribution in [2.75, 3.05) is 33.4 Å². The molecule has 0 unspecified atom stereocenters. The number of carbonyl (C=O) groups is 1. The van der Waals surface area contributed by atoms with Gasteiger partial charge in [-0.3, -0.25) is 9.69 Å². The van der Waals surface area contributed by atoms with Gasteiger partial charge in [-0.2, -0.15) is 0 Å². The van der Waals surface area contributed by atoms with E-state index in [-0.39, 0.29) is 11.3 Å². The molecule has 0 radical (unpaired) electrons. The largest absolute Gasteiger partial charge is 0.381 e. The van der Waals surface area contributed by atoms with E-state index in [1.165, 1.54) is 5.56 Å². The van der Waals surface area contributed by atoms with Crippen LogP contribution in [0.3, 0.4) is 0 Å². The maximum atomic E-state index is 12.2. The lowest BCUT2D eigenvalue weighted by Crippen LogP contribution is -2.47. The number of ether oxygens (including phenoxy) is 1. The summed E-state index contributed by atoms with van der Waals surface area (Å²) in [5.74, 6) is 0.0704. The molecule has 1 N–H and O–H groups in total. The molecule has 0 aliphatic carbocycles. The highest BCUT2D eigenvalue weighted by molar-refractivity contribution is 6.30. The number of benzene rings is 1. The van der Waals surface area contributed by atoms with Crippen LogP contribution in [-0.4, -0.2) is 50.2 Å². The molecule has 0 spiro atoms. The Labute approximate surface area is 144 Å². The number of likely N-dealkylation sites (N-methyl/N-ethyl adjacent to an activating group) is 1. The van der Waals surface area contributed by atoms with Crippen LogP contribution in [0.25, 0.3) is 0 Å². The minimum Gasteiger partial charge on any atom is -0.381 e. The zero-order valence-electron chi connectivity index (χ0n) is 14.3. The number of hydrogen-bond acceptors (Lipinski definition) is 3. The maximum Gasteiger partial charge on any atom is 0.234 e. The first-order valence-corrected chi connectivity index (χ1v) is 8.61. The number of hydrogen-bond donors (Lipinski definition) is 1. The standard InChI is InChI=1S/C18H27ClN2O2/c1-14(2)21(3)12-17(22)20-13-18(8-10-23-11-9-18)15-4-6-16(19)7-5-15/h4-7,14H,8-13H2,1-3H3,(H,20,22). The Morgan fingerprint density at radius 1 is 1.30 bits per heavy atom. The lowest BCUT2D eigenvalue weighted by atomic mass is 9.74. The van der Waals surface area contributed by atoms with Crippen molar-refractivity contribution in [2.24, 2.45) is 0 Å². The minimum atomic E-state index is -0.0606. The van der Waals surface area contributed by atoms with Crippen molar-refractivity contribution in [1.29, 1.82) is 0 Å². The second-order valence-corrected chi connectivity index (χ2v) is 7.12. The van der Waals surface area contributed by atoms with Gasteiger partial charge in [0, 0.05) is 36.2 Å². The molecule has 0 bridgehead atoms. The van der Waals surface area contributed by atoms with E-state index < -0.39 is 0 Å². The topological polar surface area (TPSA) is 41.6 Å². The van der Waals surface area contributed by atoms with Crippen molar-refractivity contribution in [3.05, 3.63) is 34.9 Å². The summed E-state index contributed by atoms with van der Waals surface area (Å²) in [6, 6.07) is 8.33. The zero-order valence-corrected chi connectivity index (χ0v) is 15.0. The van der Waals surface area contributed by atoms with Gasteiger partial charge in [-0.15, -0.1) is 0 Å². The van der Waals surface area contributed by atoms with Crippen molar-refractivity contribution < 1.29 is 9.53 Å². The van der Waals surface area contributed by atoms with Crippen LogP contribution in [0, 0.1) is 0 Å². The Bertz CT molecular complexity index is 510. The van der Waals surface area contributed by atoms with Gasteiger partial charge >= 0.3 is 0 Å². The van der Waals surface area contributed by atoms with Crippen LogP contribution in [0.4, 0.5) is 0 Å². The summed E-state index contributed by atoms with van der Waals surface area (Å²) in [4.78, 5) is 14.3. The molecule has 128 valence electrons. The van der Waals surface area contributed by atoms with E-state index in [0.717, 1.165) is 31.1 Å². The molecular formula is C18H27ClN2O2. The summed E-state index contributed by atoms with van der Waals surface area (Å²) in [7, 11) is 1.97. The fourth-order valence-electron chi connectivity index (χ4n) is 2.87. The molecule has 1 saturated heterocycles. The number of rotatable bonds is 6. The Kier molecular flexibility index (Phi) is 6.45. The van der Waals surface area contributed by atoms with Gasteiger partial charge in [0.2, 0.25) is 5.91 Å². The third kappa shape index (κ3) is 4.93. The molecule has 1 fully saturated rings. The molecule has 1 amide bonds. The van der Waals surface area contributed by atoms with E-state index >= 15 is 0 Å². The van der Waals surface area contributed by atoms with Crippen LogP contribution >= 0.6 is 11.6 Å². The van der Waals surface area contributed by atoms with Crippen molar-refractivity contribution in [1.82, 2.24) is 10.2 Å². The molecule has 1 aromatic rings. The first-order valence-electron chi connectivity index (χ1n) is 8.24. The molecule has 2 rings (SSSR count). The highest BCUT2D eigenvalue weighted by Crippen LogP contribution is 2.34. The number of carbonyl (C=O) groups excluding carboxylic acids is 1. The number of nitrogens with one attached hydrogen (secondary N) is 1. The fraction of sp³-hybridized carbons (Fsp3) is 0.611. The maximum absolute atomic E-state index is 12.2. The molecule has 4 nitrogen and oxygen atoms in total. The zero-order chi connectivity index (χ0) is 16.9. The molecule has 0 saturated carbocycles. The Morgan fingerprint density at radius 2 is 1.91 bits per heavy atom. The molecule has 5 heteroatoms. The fourth-order valence-corrected chi connectivity index (χ4v) is 2.99. The third-order valence-electron chi connectivity index (χ3n) is 4.80. The molecule has 1 aromatic carbocycles. The van der Waals surface area contributed by atoms with Gasteiger partial charge in [0.15, 0.2) is 0 Å². The SMILES string of the molecule is CC(C)N(C)CC(=O)NCC1(c2ccc(Cl)cc2)CCOCC1. The Morgan fingerprint density at radius 3 is 2.48 bits per heavy atom. The predicted molar refractivity (Wildman–Crippen MR) is 94.0 cm³/mol. The Hall–Kier alpha value is -1.10. The minimum absolute atomic E-state index is 0.0606. The van der Waals surface area contributed by atoms with Gasteiger partial charge in [-0.1, -0.05) is 23.7 Å². The van der Waals surface area contributed by atoms with E-state index in [2.05, 4.69) is 31.3 Å². The van der Waals surface area contributed by atoms with E-state index in [1.807, 2.05) is 24.1 Å². The average molecular weight is 339 g/mol. The van der Waals surface area contributed by atoms with Crippen molar-refractivity contribution >= 4 is 17.5 Å². The highest BCUT2D eigenvalue weighted by Gasteiger charge is 2.34. The Balaban J connectivity index is 2.04. The lowest BCUT2D eigenvalue weighted by Gasteiger charge is -2.38. The normalized spacial score (nSPS) is 17.5. The number of amides is 1. The molecule has 0 atom stereocenters. The highest BCUT2D eigenvalue weighted by atomic mass is 35.5. The summed E-state index contributed by atoms with van der Waals surface area (Å²) >= 11 is 6.01. The summed E-state index contributed by atoms with van der Waals surface area (Å²) in [5, 5.41) is 3.86. The first-order chi connectivity index (χ1) is 10.9. The molecule has 0 aromatic heterocycles. The second-order valence-electron chi connectivity index (χ2n) is 6.69. The van der Waals surface area contributed by atoms with E-state index in [9.17, 15) is 4.79 Å². The van der Waals surface area contributed by atoms with Crippen LogP contribution in [-0.2, 0) is 14.9 Å². The lowest BCUT2D eigenvalue weighted by molar-refractivity contribution is -0.122. The quantitative estimate of drug-likeness (QED) is 0.867. The molecule has 1 aliphatic rings. The van der Waals surface area contributed by atoms with Gasteiger partial charge in [-0.05, 0) is 51.4 Å². The van der Waals surface area contributed by atoms with Gasteiger partial charge in [0.05, 0.1) is 6.54 Å².